The van der Waals surface area contributed by atoms with Gasteiger partial charge in [-0.2, -0.15) is 0 Å². The lowest BCUT2D eigenvalue weighted by Crippen LogP contribution is -2.22. The quantitative estimate of drug-likeness (QED) is 0.0864. The lowest BCUT2D eigenvalue weighted by atomic mass is 10.1. The van der Waals surface area contributed by atoms with Crippen LogP contribution in [0, 0.1) is 0 Å². The van der Waals surface area contributed by atoms with Crippen molar-refractivity contribution in [1.29, 1.82) is 0 Å². The molecule has 4 aromatic carbocycles. The average molecular weight is 682 g/mol. The van der Waals surface area contributed by atoms with Crippen molar-refractivity contribution in [1.82, 2.24) is 21.3 Å². The Labute approximate surface area is 286 Å². The summed E-state index contributed by atoms with van der Waals surface area (Å²) in [5.74, 6) is 0. The zero-order valence-electron chi connectivity index (χ0n) is 26.1. The largest absolute Gasteiger partial charge is 0.394 e. The summed E-state index contributed by atoms with van der Waals surface area (Å²) < 4.78 is 0. The van der Waals surface area contributed by atoms with E-state index < -0.39 is 0 Å². The first-order chi connectivity index (χ1) is 23.0. The van der Waals surface area contributed by atoms with Gasteiger partial charge in [-0.05, 0) is 65.8 Å². The van der Waals surface area contributed by atoms with Gasteiger partial charge in [-0.1, -0.05) is 108 Å². The Morgan fingerprint density at radius 1 is 0.532 bits per heavy atom. The van der Waals surface area contributed by atoms with Gasteiger partial charge in [-0.15, -0.1) is 0 Å². The summed E-state index contributed by atoms with van der Waals surface area (Å²) in [6.45, 7) is 1.96. The topological polar surface area (TPSA) is 137 Å². The van der Waals surface area contributed by atoms with Crippen LogP contribution in [-0.2, 0) is 38.4 Å². The molecule has 4 rings (SSSR count). The van der Waals surface area contributed by atoms with Crippen LogP contribution >= 0.6 is 23.2 Å². The maximum atomic E-state index is 10.1. The van der Waals surface area contributed by atoms with Crippen molar-refractivity contribution >= 4 is 48.8 Å². The summed E-state index contributed by atoms with van der Waals surface area (Å²) in [6, 6.07) is 34.3. The van der Waals surface area contributed by atoms with Crippen molar-refractivity contribution in [3.63, 3.8) is 0 Å². The lowest BCUT2D eigenvalue weighted by Gasteiger charge is -2.12. The van der Waals surface area contributed by atoms with Gasteiger partial charge in [0.2, 0.25) is 25.6 Å². The molecule has 4 aromatic rings. The number of halogens is 2. The van der Waals surface area contributed by atoms with Crippen LogP contribution in [0.15, 0.2) is 109 Å². The molecule has 0 radical (unpaired) electrons. The van der Waals surface area contributed by atoms with Crippen LogP contribution in [0.2, 0.25) is 10.0 Å². The zero-order valence-corrected chi connectivity index (χ0v) is 27.6. The van der Waals surface area contributed by atoms with Crippen molar-refractivity contribution in [3.8, 4) is 0 Å². The molecular weight excluding hydrogens is 639 g/mol. The van der Waals surface area contributed by atoms with Crippen molar-refractivity contribution < 1.29 is 24.3 Å². The maximum Gasteiger partial charge on any atom is 0.207 e. The summed E-state index contributed by atoms with van der Waals surface area (Å²) in [4.78, 5) is 39.9. The van der Waals surface area contributed by atoms with E-state index in [1.807, 2.05) is 109 Å². The molecule has 4 amide bonds. The van der Waals surface area contributed by atoms with Gasteiger partial charge in [0, 0.05) is 29.7 Å². The molecule has 0 fully saturated rings. The molecule has 0 saturated carbocycles. The summed E-state index contributed by atoms with van der Waals surface area (Å²) in [5.41, 5.74) is 4.47. The number of hydrogen-bond acceptors (Lipinski definition) is 5. The smallest absolute Gasteiger partial charge is 0.207 e. The highest BCUT2D eigenvalue weighted by atomic mass is 35.5. The van der Waals surface area contributed by atoms with E-state index in [-0.39, 0.29) is 12.6 Å². The lowest BCUT2D eigenvalue weighted by molar-refractivity contribution is -0.111. The standard InChI is InChI=1S/2C9H10ClNO.C9H11NO2.C9H11NO/c10-9-3-1-8(2-4-9)5-6-11-7-12;10-9-3-1-2-8(6-9)4-5-11-7-12;11-6-9(10-7-12)8-4-2-1-3-5-8;11-8-10-7-6-9-4-2-1-3-5-9/h1-4,7H,5-6H2,(H,11,12);1-3,6-7H,4-5H2,(H,11,12);1-5,7,9,11H,6H2,(H,10,12);1-5,8H,6-7H2,(H,10,11). The number of benzene rings is 4. The summed E-state index contributed by atoms with van der Waals surface area (Å²) in [6.07, 6.45) is 5.28. The molecule has 11 heteroatoms. The summed E-state index contributed by atoms with van der Waals surface area (Å²) in [7, 11) is 0. The third kappa shape index (κ3) is 20.9. The van der Waals surface area contributed by atoms with E-state index in [1.165, 1.54) is 11.1 Å². The SMILES string of the molecule is O=CNC(CO)c1ccccc1.O=CNCCc1ccc(Cl)cc1.O=CNCCc1cccc(Cl)c1.O=CNCCc1ccccc1. The first kappa shape index (κ1) is 40.3. The molecule has 1 unspecified atom stereocenters. The number of amides is 4. The van der Waals surface area contributed by atoms with E-state index in [1.54, 1.807) is 0 Å². The first-order valence-electron chi connectivity index (χ1n) is 14.9. The molecule has 0 aromatic heterocycles. The van der Waals surface area contributed by atoms with Gasteiger partial charge in [0.1, 0.15) is 0 Å². The number of carbonyl (C=O) groups excluding carboxylic acids is 4. The minimum Gasteiger partial charge on any atom is -0.394 e. The predicted octanol–water partition coefficient (Wildman–Crippen LogP) is 4.70. The van der Waals surface area contributed by atoms with Crippen molar-refractivity contribution in [2.45, 2.75) is 25.3 Å². The van der Waals surface area contributed by atoms with E-state index in [0.717, 1.165) is 46.8 Å². The molecule has 1 atom stereocenters. The van der Waals surface area contributed by atoms with Gasteiger partial charge in [-0.3, -0.25) is 19.2 Å². The second-order valence-electron chi connectivity index (χ2n) is 9.64. The molecule has 0 saturated heterocycles. The number of carbonyl (C=O) groups is 4. The van der Waals surface area contributed by atoms with Gasteiger partial charge in [-0.25, -0.2) is 0 Å². The monoisotopic (exact) mass is 680 g/mol. The fraction of sp³-hybridized carbons (Fsp3) is 0.222. The average Bonchev–Trinajstić information content (AvgIpc) is 3.10. The normalized spacial score (nSPS) is 10.0. The second kappa shape index (κ2) is 27.6. The molecule has 0 aliphatic rings. The van der Waals surface area contributed by atoms with Crippen molar-refractivity contribution in [2.24, 2.45) is 0 Å². The van der Waals surface area contributed by atoms with Crippen molar-refractivity contribution in [3.05, 3.63) is 141 Å². The van der Waals surface area contributed by atoms with Gasteiger partial charge in [0.05, 0.1) is 12.6 Å². The van der Waals surface area contributed by atoms with E-state index in [4.69, 9.17) is 28.3 Å². The molecule has 250 valence electrons. The van der Waals surface area contributed by atoms with Crippen LogP contribution in [0.3, 0.4) is 0 Å². The Bertz CT molecular complexity index is 1380. The third-order valence-electron chi connectivity index (χ3n) is 6.22. The van der Waals surface area contributed by atoms with Gasteiger partial charge in [0.25, 0.3) is 0 Å². The van der Waals surface area contributed by atoms with E-state index >= 15 is 0 Å². The number of aliphatic hydroxyl groups is 1. The molecule has 47 heavy (non-hydrogen) atoms. The van der Waals surface area contributed by atoms with E-state index in [9.17, 15) is 19.2 Å². The van der Waals surface area contributed by atoms with Crippen molar-refractivity contribution in [2.75, 3.05) is 26.2 Å². The summed E-state index contributed by atoms with van der Waals surface area (Å²) >= 11 is 11.5. The Balaban J connectivity index is 0.000000314. The minimum absolute atomic E-state index is 0.0806. The molecule has 9 nitrogen and oxygen atoms in total. The molecule has 0 aliphatic heterocycles. The number of aliphatic hydroxyl groups excluding tert-OH is 1. The van der Waals surface area contributed by atoms with Crippen LogP contribution in [0.4, 0.5) is 0 Å². The number of rotatable bonds is 16. The molecule has 0 spiro atoms. The minimum atomic E-state index is -0.288. The van der Waals surface area contributed by atoms with E-state index in [2.05, 4.69) is 21.3 Å². The Hall–Kier alpha value is -4.70. The first-order valence-corrected chi connectivity index (χ1v) is 15.6. The van der Waals surface area contributed by atoms with Crippen LogP contribution in [0.25, 0.3) is 0 Å². The number of hydrogen-bond donors (Lipinski definition) is 5. The second-order valence-corrected chi connectivity index (χ2v) is 10.5. The van der Waals surface area contributed by atoms with Crippen LogP contribution < -0.4 is 21.3 Å². The fourth-order valence-electron chi connectivity index (χ4n) is 3.84. The maximum absolute atomic E-state index is 10.1. The number of nitrogens with one attached hydrogen (secondary N) is 4. The zero-order chi connectivity index (χ0) is 34.4. The molecule has 5 N–H and O–H groups in total. The van der Waals surface area contributed by atoms with Gasteiger partial charge in [0.15, 0.2) is 0 Å². The molecule has 0 aliphatic carbocycles. The predicted molar refractivity (Wildman–Crippen MR) is 188 cm³/mol. The highest BCUT2D eigenvalue weighted by Crippen LogP contribution is 2.11. The molecule has 0 bridgehead atoms. The third-order valence-corrected chi connectivity index (χ3v) is 6.71. The summed E-state index contributed by atoms with van der Waals surface area (Å²) in [5, 5.41) is 20.7. The highest BCUT2D eigenvalue weighted by Gasteiger charge is 2.06. The van der Waals surface area contributed by atoms with Crippen LogP contribution in [-0.4, -0.2) is 57.0 Å². The molecule has 0 heterocycles. The van der Waals surface area contributed by atoms with Gasteiger partial charge < -0.3 is 26.4 Å². The Morgan fingerprint density at radius 2 is 1.00 bits per heavy atom. The fourth-order valence-corrected chi connectivity index (χ4v) is 4.18. The van der Waals surface area contributed by atoms with Crippen LogP contribution in [0.5, 0.6) is 0 Å². The van der Waals surface area contributed by atoms with Crippen LogP contribution in [0.1, 0.15) is 28.3 Å². The van der Waals surface area contributed by atoms with E-state index in [0.29, 0.717) is 38.9 Å². The molecular formula is C36H42Cl2N4O5. The van der Waals surface area contributed by atoms with Gasteiger partial charge >= 0.3 is 0 Å². The highest BCUT2D eigenvalue weighted by molar-refractivity contribution is 6.30. The Kier molecular flexibility index (Phi) is 23.7. The Morgan fingerprint density at radius 3 is 1.47 bits per heavy atom.